The van der Waals surface area contributed by atoms with Crippen LogP contribution in [0.3, 0.4) is 0 Å². The molecule has 1 amide bonds. The third kappa shape index (κ3) is 6.30. The minimum atomic E-state index is -4.41. The maximum atomic E-state index is 15.2. The molecule has 1 unspecified atom stereocenters. The largest absolute Gasteiger partial charge is 0.444 e. The highest BCUT2D eigenvalue weighted by Gasteiger charge is 2.39. The lowest BCUT2D eigenvalue weighted by molar-refractivity contribution is -0.137. The lowest BCUT2D eigenvalue weighted by Gasteiger charge is -2.38. The number of nitrogens with zero attached hydrogens (tertiary/aromatic N) is 1. The fraction of sp³-hybridized carbons (Fsp3) is 0.632. The van der Waals surface area contributed by atoms with Crippen molar-refractivity contribution < 1.29 is 27.1 Å². The van der Waals surface area contributed by atoms with Crippen LogP contribution < -0.4 is 0 Å². The second-order valence-corrected chi connectivity index (χ2v) is 9.33. The van der Waals surface area contributed by atoms with E-state index in [1.165, 1.54) is 19.1 Å². The van der Waals surface area contributed by atoms with Gasteiger partial charge in [-0.3, -0.25) is 0 Å². The number of carbonyl (C=O) groups is 1. The van der Waals surface area contributed by atoms with Crippen LogP contribution in [0.5, 0.6) is 0 Å². The van der Waals surface area contributed by atoms with Gasteiger partial charge in [0.1, 0.15) is 5.60 Å². The number of halogens is 4. The van der Waals surface area contributed by atoms with Gasteiger partial charge in [-0.25, -0.2) is 9.18 Å². The molecule has 1 fully saturated rings. The second kappa shape index (κ2) is 7.89. The van der Waals surface area contributed by atoms with E-state index in [1.807, 2.05) is 0 Å². The first kappa shape index (κ1) is 21.9. The van der Waals surface area contributed by atoms with Crippen LogP contribution in [0.15, 0.2) is 29.2 Å². The number of benzene rings is 1. The number of hydrogen-bond donors (Lipinski definition) is 0. The summed E-state index contributed by atoms with van der Waals surface area (Å²) < 4.78 is 58.4. The van der Waals surface area contributed by atoms with E-state index >= 15 is 4.39 Å². The van der Waals surface area contributed by atoms with Crippen LogP contribution in [-0.2, 0) is 10.9 Å². The van der Waals surface area contributed by atoms with Crippen LogP contribution in [0, 0.1) is 5.92 Å². The summed E-state index contributed by atoms with van der Waals surface area (Å²) in [5.41, 5.74) is -1.33. The molecule has 0 saturated carbocycles. The molecule has 1 heterocycles. The molecular formula is C19H25F4NO2S. The molecule has 2 rings (SSSR count). The fourth-order valence-corrected chi connectivity index (χ4v) is 4.07. The first-order valence-electron chi connectivity index (χ1n) is 8.81. The number of rotatable bonds is 3. The molecule has 1 aliphatic heterocycles. The molecule has 1 aromatic carbocycles. The van der Waals surface area contributed by atoms with Crippen molar-refractivity contribution >= 4 is 17.9 Å². The summed E-state index contributed by atoms with van der Waals surface area (Å²) in [6.45, 7) is 7.60. The maximum Gasteiger partial charge on any atom is 0.416 e. The first-order valence-corrected chi connectivity index (χ1v) is 9.63. The summed E-state index contributed by atoms with van der Waals surface area (Å²) in [7, 11) is 0. The van der Waals surface area contributed by atoms with Crippen molar-refractivity contribution in [2.45, 2.75) is 62.2 Å². The highest BCUT2D eigenvalue weighted by molar-refractivity contribution is 8.00. The van der Waals surface area contributed by atoms with Crippen molar-refractivity contribution in [3.05, 3.63) is 29.8 Å². The molecule has 0 radical (unpaired) electrons. The molecule has 1 aromatic rings. The van der Waals surface area contributed by atoms with Crippen LogP contribution >= 0.6 is 11.8 Å². The summed E-state index contributed by atoms with van der Waals surface area (Å²) in [5.74, 6) is -0.302. The SMILES string of the molecule is CC(C)(C)OC(=O)N1CCC(C(C)(F)Sc2ccc(C(F)(F)F)cc2)CC1. The van der Waals surface area contributed by atoms with Gasteiger partial charge in [-0.15, -0.1) is 0 Å². The quantitative estimate of drug-likeness (QED) is 0.446. The zero-order valence-corrected chi connectivity index (χ0v) is 16.7. The van der Waals surface area contributed by atoms with Gasteiger partial charge in [0.05, 0.1) is 5.56 Å². The van der Waals surface area contributed by atoms with Crippen LogP contribution in [0.25, 0.3) is 0 Å². The summed E-state index contributed by atoms with van der Waals surface area (Å²) in [5, 5.41) is -1.64. The van der Waals surface area contributed by atoms with Crippen molar-refractivity contribution in [1.29, 1.82) is 0 Å². The number of amides is 1. The van der Waals surface area contributed by atoms with E-state index in [9.17, 15) is 18.0 Å². The van der Waals surface area contributed by atoms with E-state index in [0.717, 1.165) is 23.9 Å². The predicted octanol–water partition coefficient (Wildman–Crippen LogP) is 6.13. The lowest BCUT2D eigenvalue weighted by Crippen LogP contribution is -2.44. The van der Waals surface area contributed by atoms with Crippen molar-refractivity contribution in [1.82, 2.24) is 4.90 Å². The third-order valence-electron chi connectivity index (χ3n) is 4.37. The summed E-state index contributed by atoms with van der Waals surface area (Å²) in [4.78, 5) is 14.1. The average molecular weight is 407 g/mol. The zero-order chi connectivity index (χ0) is 20.5. The molecule has 1 saturated heterocycles. The molecule has 8 heteroatoms. The minimum absolute atomic E-state index is 0.302. The maximum absolute atomic E-state index is 15.2. The molecule has 0 aliphatic carbocycles. The number of piperidine rings is 1. The molecule has 152 valence electrons. The van der Waals surface area contributed by atoms with E-state index in [-0.39, 0.29) is 5.92 Å². The van der Waals surface area contributed by atoms with Crippen LogP contribution in [-0.4, -0.2) is 34.7 Å². The van der Waals surface area contributed by atoms with E-state index in [4.69, 9.17) is 4.74 Å². The molecule has 27 heavy (non-hydrogen) atoms. The molecule has 1 atom stereocenters. The Morgan fingerprint density at radius 3 is 2.00 bits per heavy atom. The number of hydrogen-bond acceptors (Lipinski definition) is 3. The van der Waals surface area contributed by atoms with Crippen molar-refractivity contribution in [3.8, 4) is 0 Å². The van der Waals surface area contributed by atoms with Gasteiger partial charge in [-0.05, 0) is 64.8 Å². The monoisotopic (exact) mass is 407 g/mol. The Labute approximate surface area is 161 Å². The highest BCUT2D eigenvalue weighted by atomic mass is 32.2. The Kier molecular flexibility index (Phi) is 6.39. The van der Waals surface area contributed by atoms with Crippen molar-refractivity contribution in [2.75, 3.05) is 13.1 Å². The summed E-state index contributed by atoms with van der Waals surface area (Å²) in [6, 6.07) is 4.51. The third-order valence-corrected chi connectivity index (χ3v) is 5.62. The van der Waals surface area contributed by atoms with Crippen LogP contribution in [0.4, 0.5) is 22.4 Å². The number of thioether (sulfide) groups is 1. The average Bonchev–Trinajstić information content (AvgIpc) is 2.52. The van der Waals surface area contributed by atoms with Crippen LogP contribution in [0.2, 0.25) is 0 Å². The van der Waals surface area contributed by atoms with Gasteiger partial charge in [0.2, 0.25) is 0 Å². The molecular weight excluding hydrogens is 382 g/mol. The van der Waals surface area contributed by atoms with E-state index in [1.54, 1.807) is 25.7 Å². The van der Waals surface area contributed by atoms with Crippen molar-refractivity contribution in [2.24, 2.45) is 5.92 Å². The Morgan fingerprint density at radius 2 is 1.56 bits per heavy atom. The Bertz CT molecular complexity index is 645. The van der Waals surface area contributed by atoms with Gasteiger partial charge in [-0.1, -0.05) is 11.8 Å². The van der Waals surface area contributed by atoms with Gasteiger partial charge < -0.3 is 9.64 Å². The van der Waals surface area contributed by atoms with E-state index < -0.39 is 28.4 Å². The van der Waals surface area contributed by atoms with Gasteiger partial charge in [0.15, 0.2) is 5.00 Å². The van der Waals surface area contributed by atoms with Gasteiger partial charge in [-0.2, -0.15) is 13.2 Å². The number of alkyl halides is 4. The second-order valence-electron chi connectivity index (χ2n) is 7.85. The predicted molar refractivity (Wildman–Crippen MR) is 97.3 cm³/mol. The van der Waals surface area contributed by atoms with Gasteiger partial charge in [0.25, 0.3) is 0 Å². The van der Waals surface area contributed by atoms with E-state index in [0.29, 0.717) is 30.8 Å². The van der Waals surface area contributed by atoms with E-state index in [2.05, 4.69) is 0 Å². The lowest BCUT2D eigenvalue weighted by atomic mass is 9.92. The molecule has 3 nitrogen and oxygen atoms in total. The molecule has 0 N–H and O–H groups in total. The zero-order valence-electron chi connectivity index (χ0n) is 15.9. The number of carbonyl (C=O) groups excluding carboxylic acids is 1. The number of ether oxygens (including phenoxy) is 1. The smallest absolute Gasteiger partial charge is 0.416 e. The Balaban J connectivity index is 1.93. The standard InChI is InChI=1S/C19H25F4NO2S/c1-17(2,3)26-16(25)24-11-9-13(10-12-24)18(4,20)27-15-7-5-14(6-8-15)19(21,22)23/h5-8,13H,9-12H2,1-4H3. The van der Waals surface area contributed by atoms with Gasteiger partial charge in [0, 0.05) is 23.9 Å². The minimum Gasteiger partial charge on any atom is -0.444 e. The topological polar surface area (TPSA) is 29.5 Å². The molecule has 0 bridgehead atoms. The highest BCUT2D eigenvalue weighted by Crippen LogP contribution is 2.44. The summed E-state index contributed by atoms with van der Waals surface area (Å²) in [6.07, 6.45) is -3.87. The first-order chi connectivity index (χ1) is 12.3. The number of likely N-dealkylation sites (tertiary alicyclic amines) is 1. The van der Waals surface area contributed by atoms with Crippen molar-refractivity contribution in [3.63, 3.8) is 0 Å². The van der Waals surface area contributed by atoms with Gasteiger partial charge >= 0.3 is 12.3 Å². The van der Waals surface area contributed by atoms with Crippen LogP contribution in [0.1, 0.15) is 46.1 Å². The molecule has 0 spiro atoms. The normalized spacial score (nSPS) is 18.9. The molecule has 0 aromatic heterocycles. The fourth-order valence-electron chi connectivity index (χ4n) is 2.93. The Hall–Kier alpha value is -1.44. The summed E-state index contributed by atoms with van der Waals surface area (Å²) >= 11 is 0.923. The Morgan fingerprint density at radius 1 is 1.04 bits per heavy atom. The molecule has 1 aliphatic rings.